The first-order valence-corrected chi connectivity index (χ1v) is 12.8. The van der Waals surface area contributed by atoms with E-state index in [1.807, 2.05) is 36.6 Å². The van der Waals surface area contributed by atoms with Gasteiger partial charge in [-0.2, -0.15) is 0 Å². The third-order valence-electron chi connectivity index (χ3n) is 5.19. The molecule has 1 aromatic carbocycles. The molecule has 2 heterocycles. The van der Waals surface area contributed by atoms with Crippen molar-refractivity contribution in [1.29, 1.82) is 0 Å². The highest BCUT2D eigenvalue weighted by Gasteiger charge is 2.21. The number of aryl methyl sites for hydroxylation is 3. The minimum atomic E-state index is -0.348. The number of thioether (sulfide) groups is 1. The molecule has 0 spiro atoms. The molecule has 0 aliphatic heterocycles. The third kappa shape index (κ3) is 6.49. The van der Waals surface area contributed by atoms with E-state index in [1.54, 1.807) is 27.1 Å². The first-order chi connectivity index (χ1) is 16.6. The fourth-order valence-corrected chi connectivity index (χ4v) is 4.95. The van der Waals surface area contributed by atoms with Crippen molar-refractivity contribution in [2.75, 3.05) is 25.2 Å². The van der Waals surface area contributed by atoms with Crippen LogP contribution in [0.4, 0.5) is 5.13 Å². The van der Waals surface area contributed by atoms with Crippen LogP contribution in [-0.4, -0.2) is 56.3 Å². The average Bonchev–Trinajstić information content (AvgIpc) is 3.37. The van der Waals surface area contributed by atoms with E-state index in [0.717, 1.165) is 22.6 Å². The second-order valence-corrected chi connectivity index (χ2v) is 10.2. The van der Waals surface area contributed by atoms with E-state index in [9.17, 15) is 9.59 Å². The number of hydrogen-bond donors (Lipinski definition) is 1. The van der Waals surface area contributed by atoms with E-state index in [-0.39, 0.29) is 23.7 Å². The third-order valence-corrected chi connectivity index (χ3v) is 7.22. The number of benzene rings is 1. The Hall–Kier alpha value is -3.18. The number of ether oxygens (including phenoxy) is 1. The Morgan fingerprint density at radius 2 is 2.00 bits per heavy atom. The largest absolute Gasteiger partial charge is 0.483 e. The summed E-state index contributed by atoms with van der Waals surface area (Å²) in [6.07, 6.45) is 1.40. The minimum absolute atomic E-state index is 0.108. The lowest BCUT2D eigenvalue weighted by Crippen LogP contribution is -2.21. The molecule has 3 rings (SSSR count). The molecule has 0 bridgehead atoms. The second kappa shape index (κ2) is 11.5. The second-order valence-electron chi connectivity index (χ2n) is 8.22. The number of carbonyl (C=O) groups is 2. The van der Waals surface area contributed by atoms with Gasteiger partial charge in [0.2, 0.25) is 5.91 Å². The topological polar surface area (TPSA) is 102 Å². The fraction of sp³-hybridized carbons (Fsp3) is 0.375. The SMILES string of the molecule is C=CCn1c(SCC(=O)Nc2nc(C)c(C(=O)N(C)C)s2)nnc1C(C)Oc1ccc(C)c(C)c1. The molecule has 2 aromatic heterocycles. The van der Waals surface area contributed by atoms with E-state index in [4.69, 9.17) is 4.74 Å². The quantitative estimate of drug-likeness (QED) is 0.316. The highest BCUT2D eigenvalue weighted by Crippen LogP contribution is 2.27. The van der Waals surface area contributed by atoms with Gasteiger partial charge >= 0.3 is 0 Å². The molecule has 186 valence electrons. The highest BCUT2D eigenvalue weighted by atomic mass is 32.2. The van der Waals surface area contributed by atoms with Gasteiger partial charge in [0.1, 0.15) is 10.6 Å². The van der Waals surface area contributed by atoms with Crippen molar-refractivity contribution in [3.8, 4) is 5.75 Å². The van der Waals surface area contributed by atoms with E-state index in [0.29, 0.717) is 33.2 Å². The summed E-state index contributed by atoms with van der Waals surface area (Å²) in [5.41, 5.74) is 2.94. The molecule has 0 aliphatic carbocycles. The van der Waals surface area contributed by atoms with Gasteiger partial charge in [-0.3, -0.25) is 14.2 Å². The first-order valence-electron chi connectivity index (χ1n) is 11.0. The first kappa shape index (κ1) is 26.4. The Kier molecular flexibility index (Phi) is 8.68. The highest BCUT2D eigenvalue weighted by molar-refractivity contribution is 7.99. The number of thiazole rings is 1. The smallest absolute Gasteiger partial charge is 0.265 e. The number of rotatable bonds is 10. The summed E-state index contributed by atoms with van der Waals surface area (Å²) in [5.74, 6) is 1.12. The number of nitrogens with zero attached hydrogens (tertiary/aromatic N) is 5. The zero-order chi connectivity index (χ0) is 25.7. The number of aromatic nitrogens is 4. The maximum Gasteiger partial charge on any atom is 0.265 e. The Bertz CT molecular complexity index is 1230. The molecule has 1 unspecified atom stereocenters. The molecular formula is C24H30N6O3S2. The maximum atomic E-state index is 12.6. The van der Waals surface area contributed by atoms with Crippen LogP contribution >= 0.6 is 23.1 Å². The summed E-state index contributed by atoms with van der Waals surface area (Å²) in [5, 5.41) is 12.3. The van der Waals surface area contributed by atoms with Crippen LogP contribution in [0.2, 0.25) is 0 Å². The summed E-state index contributed by atoms with van der Waals surface area (Å²) in [7, 11) is 3.36. The summed E-state index contributed by atoms with van der Waals surface area (Å²) in [6, 6.07) is 5.96. The molecule has 0 saturated carbocycles. The van der Waals surface area contributed by atoms with Crippen molar-refractivity contribution in [2.45, 2.75) is 45.5 Å². The molecule has 3 aromatic rings. The van der Waals surface area contributed by atoms with E-state index < -0.39 is 0 Å². The monoisotopic (exact) mass is 514 g/mol. The zero-order valence-electron chi connectivity index (χ0n) is 20.8. The van der Waals surface area contributed by atoms with Crippen molar-refractivity contribution in [1.82, 2.24) is 24.6 Å². The molecule has 1 atom stereocenters. The van der Waals surface area contributed by atoms with Crippen molar-refractivity contribution in [3.05, 3.63) is 58.4 Å². The molecule has 35 heavy (non-hydrogen) atoms. The Morgan fingerprint density at radius 1 is 1.26 bits per heavy atom. The van der Waals surface area contributed by atoms with Crippen LogP contribution in [0.3, 0.4) is 0 Å². The molecule has 1 N–H and O–H groups in total. The van der Waals surface area contributed by atoms with Gasteiger partial charge in [0.25, 0.3) is 5.91 Å². The average molecular weight is 515 g/mol. The van der Waals surface area contributed by atoms with Crippen LogP contribution in [-0.2, 0) is 11.3 Å². The number of nitrogens with one attached hydrogen (secondary N) is 1. The van der Waals surface area contributed by atoms with E-state index in [1.165, 1.54) is 22.2 Å². The molecule has 0 aliphatic rings. The van der Waals surface area contributed by atoms with Crippen LogP contribution in [0.5, 0.6) is 5.75 Å². The van der Waals surface area contributed by atoms with Crippen molar-refractivity contribution < 1.29 is 14.3 Å². The molecule has 0 radical (unpaired) electrons. The Morgan fingerprint density at radius 3 is 2.66 bits per heavy atom. The van der Waals surface area contributed by atoms with Crippen molar-refractivity contribution in [3.63, 3.8) is 0 Å². The summed E-state index contributed by atoms with van der Waals surface area (Å²) < 4.78 is 7.99. The summed E-state index contributed by atoms with van der Waals surface area (Å²) in [6.45, 7) is 12.1. The van der Waals surface area contributed by atoms with Crippen LogP contribution in [0.1, 0.15) is 45.3 Å². The van der Waals surface area contributed by atoms with Gasteiger partial charge in [-0.15, -0.1) is 16.8 Å². The van der Waals surface area contributed by atoms with Gasteiger partial charge in [-0.25, -0.2) is 4.98 Å². The van der Waals surface area contributed by atoms with Crippen LogP contribution in [0, 0.1) is 20.8 Å². The van der Waals surface area contributed by atoms with Crippen LogP contribution in [0.15, 0.2) is 36.0 Å². The van der Waals surface area contributed by atoms with Crippen molar-refractivity contribution >= 4 is 40.0 Å². The lowest BCUT2D eigenvalue weighted by Gasteiger charge is -2.16. The lowest BCUT2D eigenvalue weighted by atomic mass is 10.1. The van der Waals surface area contributed by atoms with Gasteiger partial charge < -0.3 is 15.0 Å². The van der Waals surface area contributed by atoms with Gasteiger partial charge in [0, 0.05) is 20.6 Å². The number of hydrogen-bond acceptors (Lipinski definition) is 8. The predicted molar refractivity (Wildman–Crippen MR) is 139 cm³/mol. The standard InChI is InChI=1S/C24H30N6O3S2/c1-8-11-30-21(17(5)33-18-10-9-14(2)15(3)12-18)27-28-24(30)34-13-19(31)26-23-25-16(4)20(35-23)22(32)29(6)7/h8-10,12,17H,1,11,13H2,2-7H3,(H,25,26,31). The maximum absolute atomic E-state index is 12.6. The number of anilines is 1. The van der Waals surface area contributed by atoms with Crippen molar-refractivity contribution in [2.24, 2.45) is 0 Å². The number of amides is 2. The molecule has 0 saturated heterocycles. The van der Waals surface area contributed by atoms with E-state index >= 15 is 0 Å². The Labute approximate surface area is 213 Å². The number of carbonyl (C=O) groups excluding carboxylic acids is 2. The fourth-order valence-electron chi connectivity index (χ4n) is 3.19. The molecule has 0 fully saturated rings. The summed E-state index contributed by atoms with van der Waals surface area (Å²) >= 11 is 2.42. The van der Waals surface area contributed by atoms with Crippen LogP contribution in [0.25, 0.3) is 0 Å². The minimum Gasteiger partial charge on any atom is -0.483 e. The zero-order valence-corrected chi connectivity index (χ0v) is 22.4. The van der Waals surface area contributed by atoms with Crippen LogP contribution < -0.4 is 10.1 Å². The van der Waals surface area contributed by atoms with Gasteiger partial charge in [-0.05, 0) is 51.0 Å². The van der Waals surface area contributed by atoms with Gasteiger partial charge in [0.15, 0.2) is 22.2 Å². The molecule has 2 amide bonds. The normalized spacial score (nSPS) is 11.7. The molecule has 9 nitrogen and oxygen atoms in total. The summed E-state index contributed by atoms with van der Waals surface area (Å²) in [4.78, 5) is 31.1. The lowest BCUT2D eigenvalue weighted by molar-refractivity contribution is -0.113. The predicted octanol–water partition coefficient (Wildman–Crippen LogP) is 4.42. The Balaban J connectivity index is 1.66. The molecular weight excluding hydrogens is 484 g/mol. The number of allylic oxidation sites excluding steroid dienone is 1. The molecule has 11 heteroatoms. The van der Waals surface area contributed by atoms with Gasteiger partial charge in [0.05, 0.1) is 11.4 Å². The van der Waals surface area contributed by atoms with E-state index in [2.05, 4.69) is 34.0 Å². The van der Waals surface area contributed by atoms with Gasteiger partial charge in [-0.1, -0.05) is 35.2 Å².